The molecular formula is C21H28N10O9P2. The van der Waals surface area contributed by atoms with Crippen molar-refractivity contribution in [1.82, 2.24) is 39.0 Å². The molecule has 226 valence electrons. The topological polar surface area (TPSA) is 266 Å². The van der Waals surface area contributed by atoms with Gasteiger partial charge in [-0.1, -0.05) is 0 Å². The van der Waals surface area contributed by atoms with Crippen LogP contribution < -0.4 is 22.6 Å². The van der Waals surface area contributed by atoms with Gasteiger partial charge in [-0.3, -0.25) is 29.0 Å². The van der Waals surface area contributed by atoms with Gasteiger partial charge in [-0.25, -0.2) is 19.8 Å². The molecule has 0 aromatic carbocycles. The summed E-state index contributed by atoms with van der Waals surface area (Å²) >= 11 is 0. The Morgan fingerprint density at radius 3 is 2.50 bits per heavy atom. The van der Waals surface area contributed by atoms with E-state index in [1.165, 1.54) is 28.1 Å². The number of ether oxygens (including phenoxy) is 2. The van der Waals surface area contributed by atoms with E-state index in [1.807, 2.05) is 0 Å². The molecular weight excluding hydrogens is 598 g/mol. The van der Waals surface area contributed by atoms with Crippen LogP contribution >= 0.6 is 18.3 Å². The number of aliphatic hydroxyl groups is 1. The normalized spacial score (nSPS) is 30.0. The van der Waals surface area contributed by atoms with Crippen molar-refractivity contribution in [3.8, 4) is 0 Å². The van der Waals surface area contributed by atoms with E-state index < -0.39 is 59.9 Å². The molecule has 6 rings (SSSR count). The van der Waals surface area contributed by atoms with Crippen molar-refractivity contribution >= 4 is 46.6 Å². The van der Waals surface area contributed by atoms with Crippen molar-refractivity contribution in [2.45, 2.75) is 42.9 Å². The highest BCUT2D eigenvalue weighted by Gasteiger charge is 2.47. The fourth-order valence-electron chi connectivity index (χ4n) is 5.24. The van der Waals surface area contributed by atoms with Gasteiger partial charge in [0.1, 0.15) is 6.10 Å². The number of aliphatic hydroxyl groups excluding tert-OH is 1. The Hall–Kier alpha value is -2.96. The second-order valence-electron chi connectivity index (χ2n) is 9.76. The minimum atomic E-state index is -1.03. The summed E-state index contributed by atoms with van der Waals surface area (Å²) in [6, 6.07) is -0.763. The number of aromatic amines is 2. The van der Waals surface area contributed by atoms with E-state index in [0.29, 0.717) is 6.16 Å². The summed E-state index contributed by atoms with van der Waals surface area (Å²) in [7, 11) is 2.04. The zero-order valence-electron chi connectivity index (χ0n) is 21.6. The molecule has 0 saturated carbocycles. The first kappa shape index (κ1) is 29.1. The van der Waals surface area contributed by atoms with Crippen LogP contribution in [0.2, 0.25) is 0 Å². The Morgan fingerprint density at radius 2 is 1.76 bits per heavy atom. The number of nitrogens with one attached hydrogen (secondary N) is 2. The van der Waals surface area contributed by atoms with Crippen LogP contribution in [-0.2, 0) is 23.4 Å². The highest BCUT2D eigenvalue weighted by atomic mass is 31.1. The molecule has 2 aliphatic rings. The maximum atomic E-state index is 12.2. The second-order valence-corrected chi connectivity index (χ2v) is 11.1. The number of hydrogen-bond donors (Lipinski definition) is 6. The second kappa shape index (κ2) is 12.0. The zero-order valence-corrected chi connectivity index (χ0v) is 23.8. The first-order valence-corrected chi connectivity index (χ1v) is 14.2. The predicted molar refractivity (Wildman–Crippen MR) is 148 cm³/mol. The third kappa shape index (κ3) is 5.11. The summed E-state index contributed by atoms with van der Waals surface area (Å²) in [6.45, 7) is 0.267. The molecule has 0 radical (unpaired) electrons. The summed E-state index contributed by atoms with van der Waals surface area (Å²) in [5.74, 6) is -0.602. The van der Waals surface area contributed by atoms with Crippen molar-refractivity contribution in [3.63, 3.8) is 0 Å². The first-order valence-electron chi connectivity index (χ1n) is 12.7. The van der Waals surface area contributed by atoms with Crippen LogP contribution in [0, 0.1) is 5.92 Å². The molecule has 21 heteroatoms. The van der Waals surface area contributed by atoms with Gasteiger partial charge in [-0.15, -0.1) is 0 Å². The number of rotatable bonds is 10. The van der Waals surface area contributed by atoms with Gasteiger partial charge >= 0.3 is 0 Å². The molecule has 4 aromatic rings. The van der Waals surface area contributed by atoms with Gasteiger partial charge in [0.05, 0.1) is 50.4 Å². The number of H-pyrrole nitrogens is 2. The van der Waals surface area contributed by atoms with Crippen molar-refractivity contribution in [3.05, 3.63) is 39.7 Å². The van der Waals surface area contributed by atoms with E-state index >= 15 is 0 Å². The summed E-state index contributed by atoms with van der Waals surface area (Å²) < 4.78 is 26.2. The van der Waals surface area contributed by atoms with Gasteiger partial charge in [-0.05, 0) is 0 Å². The fourth-order valence-corrected chi connectivity index (χ4v) is 6.39. The molecule has 2 aliphatic heterocycles. The Labute approximate surface area is 239 Å². The standard InChI is InChI=1S/C21H28N10O9P2/c22-10-9(39-20(14(10)40-35)31-6-27-12-16(31)28-21(23)29-18(12)34)3-42-37-1-7-8(2-36-41)38-19(13(7)32)30-5-26-11-15(30)24-4-25-17(11)33/h4-10,13-14,19-20,32,35,42H,1-3,22,41H2,(H,24,25,33)(H3,23,28,29,34)/t7-,8-,9?,10-,13-,14-,19-,20-/m1/s1. The summed E-state index contributed by atoms with van der Waals surface area (Å²) in [4.78, 5) is 50.1. The zero-order chi connectivity index (χ0) is 29.5. The summed E-state index contributed by atoms with van der Waals surface area (Å²) in [5.41, 5.74) is 11.7. The Balaban J connectivity index is 1.11. The SMILES string of the molecule is Nc1nc2c(ncn2[C@@H]2OC(CPOC[C@H]3[C@@H](O)[C@H](n4cnc5c(=O)[nH]cnc54)O[C@@H]3COP)[C@@H](N)[C@H]2OO)c(=O)[nH]1. The summed E-state index contributed by atoms with van der Waals surface area (Å²) in [5, 5.41) is 20.8. The van der Waals surface area contributed by atoms with Crippen molar-refractivity contribution in [2.75, 3.05) is 25.1 Å². The fraction of sp³-hybridized carbons (Fsp3) is 0.524. The molecule has 2 saturated heterocycles. The third-order valence-electron chi connectivity index (χ3n) is 7.34. The van der Waals surface area contributed by atoms with Crippen molar-refractivity contribution in [1.29, 1.82) is 0 Å². The van der Waals surface area contributed by atoms with E-state index in [-0.39, 0.29) is 50.3 Å². The molecule has 10 atom stereocenters. The maximum absolute atomic E-state index is 12.2. The lowest BCUT2D eigenvalue weighted by Gasteiger charge is -2.21. The highest BCUT2D eigenvalue weighted by molar-refractivity contribution is 7.32. The number of anilines is 1. The quantitative estimate of drug-likeness (QED) is 0.0491. The van der Waals surface area contributed by atoms with Crippen LogP contribution in [0.4, 0.5) is 5.95 Å². The van der Waals surface area contributed by atoms with Crippen LogP contribution in [0.1, 0.15) is 12.5 Å². The number of nitrogen functional groups attached to an aromatic ring is 1. The molecule has 6 heterocycles. The van der Waals surface area contributed by atoms with Gasteiger partial charge in [0.2, 0.25) is 5.95 Å². The molecule has 0 amide bonds. The molecule has 8 N–H and O–H groups in total. The maximum Gasteiger partial charge on any atom is 0.280 e. The van der Waals surface area contributed by atoms with E-state index in [9.17, 15) is 20.0 Å². The molecule has 19 nitrogen and oxygen atoms in total. The predicted octanol–water partition coefficient (Wildman–Crippen LogP) is -1.79. The molecule has 0 spiro atoms. The van der Waals surface area contributed by atoms with Crippen LogP contribution in [0.3, 0.4) is 0 Å². The van der Waals surface area contributed by atoms with Crippen LogP contribution in [0.15, 0.2) is 28.6 Å². The van der Waals surface area contributed by atoms with Gasteiger partial charge in [-0.2, -0.15) is 4.98 Å². The minimum absolute atomic E-state index is 0.0395. The smallest absolute Gasteiger partial charge is 0.280 e. The molecule has 3 unspecified atom stereocenters. The molecule has 42 heavy (non-hydrogen) atoms. The van der Waals surface area contributed by atoms with Gasteiger partial charge in [0, 0.05) is 30.4 Å². The molecule has 4 aromatic heterocycles. The number of hydrogen-bond acceptors (Lipinski definition) is 15. The van der Waals surface area contributed by atoms with Gasteiger partial charge in [0.15, 0.2) is 40.9 Å². The highest BCUT2D eigenvalue weighted by Crippen LogP contribution is 2.38. The monoisotopic (exact) mass is 626 g/mol. The third-order valence-corrected chi connectivity index (χ3v) is 8.47. The molecule has 0 aliphatic carbocycles. The van der Waals surface area contributed by atoms with E-state index in [1.54, 1.807) is 0 Å². The van der Waals surface area contributed by atoms with Crippen molar-refractivity contribution in [2.24, 2.45) is 11.7 Å². The first-order chi connectivity index (χ1) is 20.3. The van der Waals surface area contributed by atoms with Gasteiger partial charge < -0.3 is 40.1 Å². The summed E-state index contributed by atoms with van der Waals surface area (Å²) in [6.07, 6.45) is -0.684. The Kier molecular flexibility index (Phi) is 8.30. The Bertz CT molecular complexity index is 1680. The average Bonchev–Trinajstić information content (AvgIpc) is 3.72. The molecule has 2 fully saturated rings. The average molecular weight is 626 g/mol. The number of imidazole rings is 2. The van der Waals surface area contributed by atoms with Crippen molar-refractivity contribution < 1.29 is 33.8 Å². The number of fused-ring (bicyclic) bond motifs is 2. The van der Waals surface area contributed by atoms with Crippen LogP contribution in [-0.4, -0.2) is 99.2 Å². The number of nitrogens with two attached hydrogens (primary N) is 2. The van der Waals surface area contributed by atoms with E-state index in [0.717, 1.165) is 0 Å². The minimum Gasteiger partial charge on any atom is -0.388 e. The van der Waals surface area contributed by atoms with Crippen LogP contribution in [0.5, 0.6) is 0 Å². The van der Waals surface area contributed by atoms with E-state index in [4.69, 9.17) is 30.0 Å². The van der Waals surface area contributed by atoms with E-state index in [2.05, 4.69) is 44.3 Å². The lowest BCUT2D eigenvalue weighted by atomic mass is 9.99. The lowest BCUT2D eigenvalue weighted by molar-refractivity contribution is -0.295. The lowest BCUT2D eigenvalue weighted by Crippen LogP contribution is -2.41. The Morgan fingerprint density at radius 1 is 1.05 bits per heavy atom. The number of aromatic nitrogens is 8. The van der Waals surface area contributed by atoms with Gasteiger partial charge in [0.25, 0.3) is 11.1 Å². The molecule has 0 bridgehead atoms. The largest absolute Gasteiger partial charge is 0.388 e. The number of nitrogens with zero attached hydrogens (tertiary/aromatic N) is 6. The van der Waals surface area contributed by atoms with Crippen LogP contribution in [0.25, 0.3) is 22.3 Å².